The van der Waals surface area contributed by atoms with Gasteiger partial charge < -0.3 is 4.74 Å². The fraction of sp³-hybridized carbons (Fsp3) is 0.423. The third kappa shape index (κ3) is 4.00. The molecule has 7 nitrogen and oxygen atoms in total. The fourth-order valence-electron chi connectivity index (χ4n) is 5.23. The van der Waals surface area contributed by atoms with Crippen molar-refractivity contribution in [2.45, 2.75) is 51.9 Å². The standard InChI is InChI=1S/C26H31N5O2S/c1-3-15-28(22-14-13-19-9-4-5-10-20(19)22)18-30-26(34)31-23-12-7-6-11-21(23)24(32)29(25(31)27-30)16-8-17-33-2/h4-7,9-12,22H,3,8,13-18H2,1-2H3/t22-/m0/s1. The maximum atomic E-state index is 13.3. The third-order valence-corrected chi connectivity index (χ3v) is 7.18. The summed E-state index contributed by atoms with van der Waals surface area (Å²) in [6.45, 7) is 4.86. The molecule has 1 aliphatic carbocycles. The minimum atomic E-state index is -0.0403. The number of benzene rings is 2. The Hall–Kier alpha value is -2.81. The number of hydrogen-bond donors (Lipinski definition) is 0. The average Bonchev–Trinajstić information content (AvgIpc) is 3.42. The zero-order chi connectivity index (χ0) is 23.7. The molecular weight excluding hydrogens is 446 g/mol. The Kier molecular flexibility index (Phi) is 6.63. The van der Waals surface area contributed by atoms with E-state index >= 15 is 0 Å². The molecule has 0 spiro atoms. The highest BCUT2D eigenvalue weighted by atomic mass is 32.1. The van der Waals surface area contributed by atoms with Crippen LogP contribution in [0, 0.1) is 4.77 Å². The van der Waals surface area contributed by atoms with Crippen molar-refractivity contribution in [3.05, 3.63) is 74.8 Å². The van der Waals surface area contributed by atoms with E-state index in [4.69, 9.17) is 22.1 Å². The molecule has 178 valence electrons. The van der Waals surface area contributed by atoms with Gasteiger partial charge in [-0.3, -0.25) is 18.7 Å². The van der Waals surface area contributed by atoms with E-state index in [2.05, 4.69) is 36.1 Å². The van der Waals surface area contributed by atoms with Gasteiger partial charge in [-0.25, -0.2) is 4.68 Å². The lowest BCUT2D eigenvalue weighted by atomic mass is 10.1. The molecule has 8 heteroatoms. The highest BCUT2D eigenvalue weighted by Crippen LogP contribution is 2.36. The van der Waals surface area contributed by atoms with Crippen molar-refractivity contribution in [3.8, 4) is 0 Å². The summed E-state index contributed by atoms with van der Waals surface area (Å²) in [4.78, 5) is 15.8. The lowest BCUT2D eigenvalue weighted by Crippen LogP contribution is -2.31. The number of aromatic nitrogens is 4. The Morgan fingerprint density at radius 1 is 1.18 bits per heavy atom. The van der Waals surface area contributed by atoms with Crippen LogP contribution in [-0.2, 0) is 24.4 Å². The molecule has 2 aromatic carbocycles. The van der Waals surface area contributed by atoms with Gasteiger partial charge in [0.15, 0.2) is 0 Å². The minimum absolute atomic E-state index is 0.0403. The lowest BCUT2D eigenvalue weighted by molar-refractivity contribution is 0.142. The van der Waals surface area contributed by atoms with Crippen molar-refractivity contribution in [1.29, 1.82) is 0 Å². The van der Waals surface area contributed by atoms with E-state index in [1.165, 1.54) is 11.1 Å². The molecule has 2 aromatic heterocycles. The molecule has 0 amide bonds. The number of ether oxygens (including phenoxy) is 1. The Morgan fingerprint density at radius 3 is 2.79 bits per heavy atom. The number of fused-ring (bicyclic) bond motifs is 4. The van der Waals surface area contributed by atoms with Crippen LogP contribution >= 0.6 is 12.2 Å². The Balaban J connectivity index is 1.60. The lowest BCUT2D eigenvalue weighted by Gasteiger charge is -2.29. The highest BCUT2D eigenvalue weighted by molar-refractivity contribution is 7.71. The summed E-state index contributed by atoms with van der Waals surface area (Å²) in [7, 11) is 1.67. The molecule has 0 saturated heterocycles. The molecule has 1 atom stereocenters. The Labute approximate surface area is 204 Å². The summed E-state index contributed by atoms with van der Waals surface area (Å²) in [5.74, 6) is 0.591. The predicted octanol–water partition coefficient (Wildman–Crippen LogP) is 4.57. The van der Waals surface area contributed by atoms with Crippen LogP contribution in [0.25, 0.3) is 16.7 Å². The number of aryl methyl sites for hydroxylation is 2. The molecule has 0 saturated carbocycles. The number of hydrogen-bond acceptors (Lipinski definition) is 5. The number of methoxy groups -OCH3 is 1. The quantitative estimate of drug-likeness (QED) is 0.261. The van der Waals surface area contributed by atoms with Gasteiger partial charge in [-0.05, 0) is 61.2 Å². The largest absolute Gasteiger partial charge is 0.385 e. The van der Waals surface area contributed by atoms with Crippen molar-refractivity contribution in [2.75, 3.05) is 20.3 Å². The van der Waals surface area contributed by atoms with Crippen LogP contribution in [0.3, 0.4) is 0 Å². The molecule has 0 aliphatic heterocycles. The van der Waals surface area contributed by atoms with E-state index in [-0.39, 0.29) is 5.56 Å². The van der Waals surface area contributed by atoms with Gasteiger partial charge in [-0.15, -0.1) is 5.10 Å². The van der Waals surface area contributed by atoms with Crippen LogP contribution < -0.4 is 5.56 Å². The first-order chi connectivity index (χ1) is 16.6. The van der Waals surface area contributed by atoms with E-state index in [9.17, 15) is 4.79 Å². The number of rotatable bonds is 9. The summed E-state index contributed by atoms with van der Waals surface area (Å²) < 4.78 is 11.4. The first kappa shape index (κ1) is 23.0. The molecule has 0 radical (unpaired) electrons. The topological polar surface area (TPSA) is 56.7 Å². The summed E-state index contributed by atoms with van der Waals surface area (Å²) in [6.07, 6.45) is 3.97. The second-order valence-corrected chi connectivity index (χ2v) is 9.31. The van der Waals surface area contributed by atoms with E-state index in [1.54, 1.807) is 11.7 Å². The maximum Gasteiger partial charge on any atom is 0.262 e. The summed E-state index contributed by atoms with van der Waals surface area (Å²) in [5.41, 5.74) is 3.61. The van der Waals surface area contributed by atoms with Crippen molar-refractivity contribution >= 4 is 28.9 Å². The molecule has 0 unspecified atom stereocenters. The van der Waals surface area contributed by atoms with Crippen molar-refractivity contribution < 1.29 is 4.74 Å². The van der Waals surface area contributed by atoms with Crippen LogP contribution in [0.4, 0.5) is 0 Å². The zero-order valence-electron chi connectivity index (χ0n) is 19.8. The van der Waals surface area contributed by atoms with Gasteiger partial charge in [0.05, 0.1) is 17.6 Å². The summed E-state index contributed by atoms with van der Waals surface area (Å²) in [6, 6.07) is 16.7. The van der Waals surface area contributed by atoms with Gasteiger partial charge in [0.1, 0.15) is 0 Å². The maximum absolute atomic E-state index is 13.3. The zero-order valence-corrected chi connectivity index (χ0v) is 20.6. The average molecular weight is 478 g/mol. The van der Waals surface area contributed by atoms with Crippen LogP contribution in [-0.4, -0.2) is 43.9 Å². The monoisotopic (exact) mass is 477 g/mol. The van der Waals surface area contributed by atoms with E-state index < -0.39 is 0 Å². The highest BCUT2D eigenvalue weighted by Gasteiger charge is 2.28. The number of para-hydroxylation sites is 1. The van der Waals surface area contributed by atoms with Crippen molar-refractivity contribution in [3.63, 3.8) is 0 Å². The van der Waals surface area contributed by atoms with Gasteiger partial charge in [-0.1, -0.05) is 43.3 Å². The van der Waals surface area contributed by atoms with E-state index in [0.29, 0.717) is 41.8 Å². The van der Waals surface area contributed by atoms with Gasteiger partial charge in [0, 0.05) is 32.8 Å². The molecule has 4 aromatic rings. The molecular formula is C26H31N5O2S. The van der Waals surface area contributed by atoms with Crippen molar-refractivity contribution in [2.24, 2.45) is 0 Å². The molecule has 1 aliphatic rings. The smallest absolute Gasteiger partial charge is 0.262 e. The molecule has 5 rings (SSSR count). The predicted molar refractivity (Wildman–Crippen MR) is 137 cm³/mol. The molecule has 34 heavy (non-hydrogen) atoms. The SMILES string of the molecule is CCCN(Cn1nc2n(CCCOC)c(=O)c3ccccc3n2c1=S)[C@H]1CCc2ccccc21. The van der Waals surface area contributed by atoms with Gasteiger partial charge in [0.2, 0.25) is 10.5 Å². The molecule has 0 N–H and O–H groups in total. The molecule has 0 bridgehead atoms. The van der Waals surface area contributed by atoms with Crippen LogP contribution in [0.5, 0.6) is 0 Å². The fourth-order valence-corrected chi connectivity index (χ4v) is 5.51. The van der Waals surface area contributed by atoms with Gasteiger partial charge >= 0.3 is 0 Å². The third-order valence-electron chi connectivity index (χ3n) is 6.78. The second-order valence-electron chi connectivity index (χ2n) is 8.94. The number of nitrogens with zero attached hydrogens (tertiary/aromatic N) is 5. The van der Waals surface area contributed by atoms with Crippen molar-refractivity contribution in [1.82, 2.24) is 23.6 Å². The van der Waals surface area contributed by atoms with Gasteiger partial charge in [0.25, 0.3) is 5.56 Å². The molecule has 0 fully saturated rings. The van der Waals surface area contributed by atoms with E-state index in [0.717, 1.165) is 37.7 Å². The summed E-state index contributed by atoms with van der Waals surface area (Å²) >= 11 is 5.94. The normalized spacial score (nSPS) is 15.6. The Bertz CT molecular complexity index is 1440. The Morgan fingerprint density at radius 2 is 1.97 bits per heavy atom. The summed E-state index contributed by atoms with van der Waals surface area (Å²) in [5, 5.41) is 5.56. The van der Waals surface area contributed by atoms with Crippen LogP contribution in [0.15, 0.2) is 53.3 Å². The van der Waals surface area contributed by atoms with Gasteiger partial charge in [-0.2, -0.15) is 0 Å². The van der Waals surface area contributed by atoms with E-state index in [1.807, 2.05) is 33.3 Å². The van der Waals surface area contributed by atoms with Crippen LogP contribution in [0.1, 0.15) is 43.4 Å². The minimum Gasteiger partial charge on any atom is -0.385 e. The first-order valence-electron chi connectivity index (χ1n) is 12.1. The molecule has 2 heterocycles. The second kappa shape index (κ2) is 9.82. The first-order valence-corrected chi connectivity index (χ1v) is 12.5. The van der Waals surface area contributed by atoms with Crippen LogP contribution in [0.2, 0.25) is 0 Å².